The number of carbonyl (C=O) groups excluding carboxylic acids is 18. The summed E-state index contributed by atoms with van der Waals surface area (Å²) in [6, 6.07) is -0.750. The van der Waals surface area contributed by atoms with Crippen molar-refractivity contribution in [2.45, 2.75) is 167 Å². The minimum Gasteiger partial charge on any atom is -0.466 e. The summed E-state index contributed by atoms with van der Waals surface area (Å²) in [7, 11) is 3.64. The highest BCUT2D eigenvalue weighted by atomic mass is 16.6. The quantitative estimate of drug-likeness (QED) is 0.0363. The Bertz CT molecular complexity index is 2950. The summed E-state index contributed by atoms with van der Waals surface area (Å²) < 4.78 is 56.4. The largest absolute Gasteiger partial charge is 0.466 e. The number of ether oxygens (including phenoxy) is 12. The van der Waals surface area contributed by atoms with Crippen molar-refractivity contribution >= 4 is 107 Å². The van der Waals surface area contributed by atoms with Gasteiger partial charge in [-0.15, -0.1) is 0 Å². The van der Waals surface area contributed by atoms with Gasteiger partial charge in [-0.25, -0.2) is 57.5 Å². The SMILES string of the molecule is CC(C)(C)OC(=O)/C=C/C(=O)OCC1CCC(=O)N1.CC(C)OC(=O)/C=C/C(=O)OCC1CCC(=O)N1.CCOC(=O)/C=C/C(=O)OCC1CCC(=O)N1.COC(=O)/C=C/C(=O)OCC1CCC(=O)N1.COC(=O)/C=C/C(=O)OC[C@@H]1CCC(=O)N1.COC(=O)/C=C/C(=O)OC[C@H]1CCC(=O)N1. The fourth-order valence-corrected chi connectivity index (χ4v) is 8.02. The molecule has 6 aliphatic heterocycles. The molecule has 6 atom stereocenters. The molecule has 102 heavy (non-hydrogen) atoms. The van der Waals surface area contributed by atoms with Crippen molar-refractivity contribution in [2.24, 2.45) is 0 Å². The second-order valence-electron chi connectivity index (χ2n) is 22.9. The van der Waals surface area contributed by atoms with E-state index >= 15 is 0 Å². The standard InChI is InChI=1S/C13H19NO5.C12H17NO5.C11H15NO5.3C10H13NO5/c1-13(2,3)19-12(17)7-6-11(16)18-8-9-4-5-10(15)14-9;1-8(2)18-12(16)6-5-11(15)17-7-9-3-4-10(14)13-9;1-2-16-10(14)5-6-11(15)17-7-8-3-4-9(13)12-8;3*1-15-9(13)4-5-10(14)16-6-7-2-3-8(12)11-7/h6-7,9H,4-5,8H2,1-3H3,(H,14,15);5-6,8-9H,3-4,7H2,1-2H3,(H,13,14);5-6,8H,2-4,7H2,1H3,(H,12,13);3*4-5,7H,2-3,6H2,1H3,(H,11,12)/b7-6+;2*6-5+;3*5-4+/t;;;2*7-;/m...10./s1. The maximum absolute atomic E-state index is 11.3. The molecule has 6 heterocycles. The molecule has 6 N–H and O–H groups in total. The molecule has 0 radical (unpaired) electrons. The first-order valence-electron chi connectivity index (χ1n) is 31.9. The van der Waals surface area contributed by atoms with Gasteiger partial charge in [-0.3, -0.25) is 28.8 Å². The van der Waals surface area contributed by atoms with E-state index in [9.17, 15) is 86.3 Å². The van der Waals surface area contributed by atoms with Crippen LogP contribution in [-0.4, -0.2) is 223 Å². The van der Waals surface area contributed by atoms with Gasteiger partial charge < -0.3 is 88.7 Å². The number of hydrogen-bond donors (Lipinski definition) is 6. The topological polar surface area (TPSA) is 490 Å². The normalized spacial score (nSPS) is 19.4. The molecule has 6 rings (SSSR count). The second kappa shape index (κ2) is 50.3. The first-order valence-corrected chi connectivity index (χ1v) is 31.9. The molecule has 4 unspecified atom stereocenters. The summed E-state index contributed by atoms with van der Waals surface area (Å²) in [6.07, 6.45) is 18.5. The van der Waals surface area contributed by atoms with Crippen LogP contribution in [0.15, 0.2) is 72.9 Å². The van der Waals surface area contributed by atoms with E-state index in [4.69, 9.17) is 37.9 Å². The second-order valence-corrected chi connectivity index (χ2v) is 22.9. The Kier molecular flexibility index (Phi) is 43.8. The molecular weight excluding hydrogens is 1360 g/mol. The lowest BCUT2D eigenvalue weighted by Gasteiger charge is -2.17. The lowest BCUT2D eigenvalue weighted by molar-refractivity contribution is -0.149. The van der Waals surface area contributed by atoms with Crippen molar-refractivity contribution in [1.29, 1.82) is 0 Å². The number of esters is 12. The Balaban J connectivity index is 0.000000613. The number of amides is 6. The molecule has 0 spiro atoms. The Morgan fingerprint density at radius 2 is 0.510 bits per heavy atom. The van der Waals surface area contributed by atoms with Crippen LogP contribution in [0.4, 0.5) is 0 Å². The summed E-state index contributed by atoms with van der Waals surface area (Å²) in [5.74, 6) is -7.63. The van der Waals surface area contributed by atoms with Gasteiger partial charge in [-0.2, -0.15) is 0 Å². The summed E-state index contributed by atoms with van der Waals surface area (Å²) in [5, 5.41) is 16.0. The maximum atomic E-state index is 11.3. The van der Waals surface area contributed by atoms with Gasteiger partial charge in [0, 0.05) is 111 Å². The van der Waals surface area contributed by atoms with Crippen molar-refractivity contribution in [2.75, 3.05) is 67.6 Å². The van der Waals surface area contributed by atoms with Crippen LogP contribution < -0.4 is 31.9 Å². The minimum atomic E-state index is -0.633. The Labute approximate surface area is 587 Å². The van der Waals surface area contributed by atoms with E-state index in [1.165, 1.54) is 21.3 Å². The highest BCUT2D eigenvalue weighted by molar-refractivity contribution is 5.95. The molecule has 6 fully saturated rings. The van der Waals surface area contributed by atoms with Crippen molar-refractivity contribution < 1.29 is 143 Å². The molecule has 0 aromatic carbocycles. The summed E-state index contributed by atoms with van der Waals surface area (Å²) in [5.41, 5.74) is -0.598. The van der Waals surface area contributed by atoms with Gasteiger partial charge in [0.1, 0.15) is 45.2 Å². The van der Waals surface area contributed by atoms with Crippen molar-refractivity contribution in [1.82, 2.24) is 31.9 Å². The number of carbonyl (C=O) groups is 18. The predicted octanol–water partition coefficient (Wildman–Crippen LogP) is -0.438. The fraction of sp³-hybridized carbons (Fsp3) is 0.545. The summed E-state index contributed by atoms with van der Waals surface area (Å²) in [4.78, 5) is 197. The number of rotatable bonds is 26. The molecule has 0 aromatic rings. The molecule has 0 aromatic heterocycles. The molecule has 36 nitrogen and oxygen atoms in total. The molecule has 36 heteroatoms. The van der Waals surface area contributed by atoms with E-state index in [2.05, 4.69) is 50.8 Å². The maximum Gasteiger partial charge on any atom is 0.331 e. The monoisotopic (exact) mass is 1450 g/mol. The Hall–Kier alpha value is -11.1. The van der Waals surface area contributed by atoms with Crippen LogP contribution in [0.1, 0.15) is 119 Å². The van der Waals surface area contributed by atoms with Gasteiger partial charge in [0.05, 0.1) is 70.3 Å². The number of nitrogens with one attached hydrogen (secondary N) is 6. The van der Waals surface area contributed by atoms with Crippen LogP contribution in [0.3, 0.4) is 0 Å². The smallest absolute Gasteiger partial charge is 0.331 e. The minimum absolute atomic E-state index is 0.0342. The van der Waals surface area contributed by atoms with Crippen molar-refractivity contribution in [3.05, 3.63) is 72.9 Å². The molecule has 0 saturated carbocycles. The fourth-order valence-electron chi connectivity index (χ4n) is 8.02. The molecule has 6 amide bonds. The molecule has 6 saturated heterocycles. The first kappa shape index (κ1) is 88.9. The van der Waals surface area contributed by atoms with Crippen LogP contribution in [0.5, 0.6) is 0 Å². The van der Waals surface area contributed by atoms with Crippen LogP contribution in [0.2, 0.25) is 0 Å². The third-order valence-electron chi connectivity index (χ3n) is 12.9. The van der Waals surface area contributed by atoms with Crippen LogP contribution >= 0.6 is 0 Å². The lowest BCUT2D eigenvalue weighted by atomic mass is 10.2. The molecule has 6 aliphatic rings. The lowest BCUT2D eigenvalue weighted by Crippen LogP contribution is -2.30. The predicted molar refractivity (Wildman–Crippen MR) is 347 cm³/mol. The van der Waals surface area contributed by atoms with E-state index in [1.54, 1.807) is 41.5 Å². The van der Waals surface area contributed by atoms with E-state index in [1.807, 2.05) is 0 Å². The zero-order valence-corrected chi connectivity index (χ0v) is 58.2. The van der Waals surface area contributed by atoms with E-state index in [-0.39, 0.29) is 124 Å². The molecular formula is C66H90N6O30. The van der Waals surface area contributed by atoms with Gasteiger partial charge >= 0.3 is 71.6 Å². The molecule has 0 aliphatic carbocycles. The third kappa shape index (κ3) is 47.0. The van der Waals surface area contributed by atoms with Gasteiger partial charge in [0.2, 0.25) is 35.4 Å². The van der Waals surface area contributed by atoms with Gasteiger partial charge in [0.25, 0.3) is 0 Å². The van der Waals surface area contributed by atoms with E-state index in [0.717, 1.165) is 72.9 Å². The van der Waals surface area contributed by atoms with Crippen molar-refractivity contribution in [3.63, 3.8) is 0 Å². The highest BCUT2D eigenvalue weighted by Crippen LogP contribution is 2.12. The van der Waals surface area contributed by atoms with E-state index < -0.39 is 77.2 Å². The summed E-state index contributed by atoms with van der Waals surface area (Å²) >= 11 is 0. The van der Waals surface area contributed by atoms with Gasteiger partial charge in [-0.05, 0) is 80.1 Å². The highest BCUT2D eigenvalue weighted by Gasteiger charge is 2.27. The average Bonchev–Trinajstić information content (AvgIpc) is 1.82. The molecule has 0 bridgehead atoms. The van der Waals surface area contributed by atoms with Crippen LogP contribution in [0.25, 0.3) is 0 Å². The Morgan fingerprint density at radius 1 is 0.324 bits per heavy atom. The van der Waals surface area contributed by atoms with Gasteiger partial charge in [0.15, 0.2) is 0 Å². The zero-order chi connectivity index (χ0) is 76.6. The summed E-state index contributed by atoms with van der Waals surface area (Å²) in [6.45, 7) is 11.3. The number of methoxy groups -OCH3 is 3. The van der Waals surface area contributed by atoms with Crippen LogP contribution in [-0.2, 0) is 143 Å². The third-order valence-corrected chi connectivity index (χ3v) is 12.9. The van der Waals surface area contributed by atoms with E-state index in [0.29, 0.717) is 77.0 Å². The first-order chi connectivity index (χ1) is 48.2. The average molecular weight is 1450 g/mol. The zero-order valence-electron chi connectivity index (χ0n) is 58.2. The molecule has 564 valence electrons. The van der Waals surface area contributed by atoms with Crippen molar-refractivity contribution in [3.8, 4) is 0 Å². The number of hydrogen-bond acceptors (Lipinski definition) is 30. The Morgan fingerprint density at radius 3 is 0.676 bits per heavy atom. The van der Waals surface area contributed by atoms with Gasteiger partial charge in [-0.1, -0.05) is 0 Å². The van der Waals surface area contributed by atoms with Crippen LogP contribution in [0, 0.1) is 0 Å².